The van der Waals surface area contributed by atoms with Gasteiger partial charge >= 0.3 is 5.97 Å². The minimum absolute atomic E-state index is 0.0210. The first-order chi connectivity index (χ1) is 13.9. The van der Waals surface area contributed by atoms with Crippen molar-refractivity contribution in [2.24, 2.45) is 5.16 Å². The van der Waals surface area contributed by atoms with E-state index in [1.165, 1.54) is 17.0 Å². The Hall–Kier alpha value is -3.88. The molecule has 0 aromatic heterocycles. The van der Waals surface area contributed by atoms with E-state index in [2.05, 4.69) is 10.5 Å². The quantitative estimate of drug-likeness (QED) is 0.233. The van der Waals surface area contributed by atoms with Gasteiger partial charge in [-0.05, 0) is 17.7 Å². The van der Waals surface area contributed by atoms with Gasteiger partial charge in [-0.15, -0.1) is 0 Å². The van der Waals surface area contributed by atoms with Crippen molar-refractivity contribution < 1.29 is 29.8 Å². The summed E-state index contributed by atoms with van der Waals surface area (Å²) in [6, 6.07) is 12.3. The predicted octanol–water partition coefficient (Wildman–Crippen LogP) is 0.593. The van der Waals surface area contributed by atoms with Gasteiger partial charge in [0.1, 0.15) is 17.8 Å². The normalized spacial score (nSPS) is 17.4. The minimum atomic E-state index is -1.17. The van der Waals surface area contributed by atoms with Crippen LogP contribution in [0.2, 0.25) is 0 Å². The zero-order valence-corrected chi connectivity index (χ0v) is 15.2. The van der Waals surface area contributed by atoms with Crippen LogP contribution >= 0.6 is 0 Å². The molecule has 1 heterocycles. The summed E-state index contributed by atoms with van der Waals surface area (Å²) >= 11 is 0. The van der Waals surface area contributed by atoms with Crippen LogP contribution in [0, 0.1) is 0 Å². The molecule has 0 spiro atoms. The fourth-order valence-corrected chi connectivity index (χ4v) is 3.08. The van der Waals surface area contributed by atoms with Gasteiger partial charge in [0.25, 0.3) is 5.91 Å². The number of nitrogens with one attached hydrogen (secondary N) is 1. The lowest BCUT2D eigenvalue weighted by atomic mass is 9.98. The molecule has 0 radical (unpaired) electrons. The van der Waals surface area contributed by atoms with E-state index < -0.39 is 29.9 Å². The molecule has 4 N–H and O–H groups in total. The molecule has 9 heteroatoms. The van der Waals surface area contributed by atoms with Crippen LogP contribution in [0.5, 0.6) is 5.75 Å². The van der Waals surface area contributed by atoms with Gasteiger partial charge in [0.05, 0.1) is 6.54 Å². The Morgan fingerprint density at radius 1 is 1.14 bits per heavy atom. The number of nitrogens with zero attached hydrogens (tertiary/aromatic N) is 2. The van der Waals surface area contributed by atoms with Gasteiger partial charge in [0.2, 0.25) is 5.91 Å². The van der Waals surface area contributed by atoms with Crippen molar-refractivity contribution in [3.8, 4) is 5.75 Å². The number of rotatable bonds is 7. The lowest BCUT2D eigenvalue weighted by Crippen LogP contribution is -2.68. The number of aliphatic carboxylic acids is 1. The van der Waals surface area contributed by atoms with E-state index in [0.29, 0.717) is 11.1 Å². The molecule has 2 amide bonds. The molecule has 2 unspecified atom stereocenters. The van der Waals surface area contributed by atoms with Crippen LogP contribution in [0.25, 0.3) is 0 Å². The lowest BCUT2D eigenvalue weighted by Gasteiger charge is -2.42. The number of likely N-dealkylation sites (tertiary alicyclic amines) is 1. The molecule has 0 saturated carbocycles. The molecule has 2 aromatic carbocycles. The fourth-order valence-electron chi connectivity index (χ4n) is 3.08. The third kappa shape index (κ3) is 4.34. The molecule has 9 nitrogen and oxygen atoms in total. The first kappa shape index (κ1) is 19.9. The maximum atomic E-state index is 12.4. The number of carboxylic acids is 1. The Morgan fingerprint density at radius 3 is 2.34 bits per heavy atom. The van der Waals surface area contributed by atoms with E-state index in [-0.39, 0.29) is 24.4 Å². The number of β-lactam (4-membered cyclic amide) rings is 1. The summed E-state index contributed by atoms with van der Waals surface area (Å²) in [6.45, 7) is 0.0210. The lowest BCUT2D eigenvalue weighted by molar-refractivity contribution is -0.159. The highest BCUT2D eigenvalue weighted by atomic mass is 16.4. The van der Waals surface area contributed by atoms with Crippen molar-refractivity contribution in [1.29, 1.82) is 0 Å². The third-order valence-electron chi connectivity index (χ3n) is 4.65. The molecule has 2 atom stereocenters. The zero-order chi connectivity index (χ0) is 21.0. The van der Waals surface area contributed by atoms with Crippen molar-refractivity contribution in [2.45, 2.75) is 18.5 Å². The van der Waals surface area contributed by atoms with Crippen LogP contribution in [-0.2, 0) is 20.8 Å². The second kappa shape index (κ2) is 8.42. The maximum absolute atomic E-state index is 12.4. The highest BCUT2D eigenvalue weighted by molar-refractivity contribution is 6.45. The number of phenols is 1. The molecular formula is C20H19N3O6. The van der Waals surface area contributed by atoms with E-state index in [1.54, 1.807) is 42.5 Å². The Balaban J connectivity index is 1.64. The second-order valence-corrected chi connectivity index (χ2v) is 6.56. The van der Waals surface area contributed by atoms with Crippen molar-refractivity contribution in [2.75, 3.05) is 6.54 Å². The molecule has 150 valence electrons. The number of amides is 2. The largest absolute Gasteiger partial charge is 0.508 e. The monoisotopic (exact) mass is 397 g/mol. The first-order valence-electron chi connectivity index (χ1n) is 8.80. The number of aromatic hydroxyl groups is 1. The topological polar surface area (TPSA) is 140 Å². The van der Waals surface area contributed by atoms with Gasteiger partial charge in [0, 0.05) is 12.0 Å². The van der Waals surface area contributed by atoms with Gasteiger partial charge in [-0.25, -0.2) is 4.79 Å². The number of carboxylic acid groups (broad SMARTS) is 1. The summed E-state index contributed by atoms with van der Waals surface area (Å²) in [5.74, 6) is -2.38. The van der Waals surface area contributed by atoms with Crippen molar-refractivity contribution in [3.63, 3.8) is 0 Å². The summed E-state index contributed by atoms with van der Waals surface area (Å²) in [6.07, 6.45) is 0.0649. The van der Waals surface area contributed by atoms with Crippen molar-refractivity contribution in [1.82, 2.24) is 10.2 Å². The highest BCUT2D eigenvalue weighted by Gasteiger charge is 2.44. The van der Waals surface area contributed by atoms with E-state index in [9.17, 15) is 24.6 Å². The molecule has 3 rings (SSSR count). The smallest absolute Gasteiger partial charge is 0.326 e. The van der Waals surface area contributed by atoms with Crippen molar-refractivity contribution in [3.05, 3.63) is 65.7 Å². The molecule has 0 bridgehead atoms. The fraction of sp³-hybridized carbons (Fsp3) is 0.200. The third-order valence-corrected chi connectivity index (χ3v) is 4.65. The van der Waals surface area contributed by atoms with Gasteiger partial charge in [-0.2, -0.15) is 0 Å². The van der Waals surface area contributed by atoms with Gasteiger partial charge in [-0.1, -0.05) is 47.6 Å². The molecule has 1 fully saturated rings. The van der Waals surface area contributed by atoms with E-state index in [4.69, 9.17) is 5.21 Å². The maximum Gasteiger partial charge on any atom is 0.326 e. The van der Waals surface area contributed by atoms with Crippen LogP contribution in [0.15, 0.2) is 59.8 Å². The molecule has 29 heavy (non-hydrogen) atoms. The Kier molecular flexibility index (Phi) is 5.77. The van der Waals surface area contributed by atoms with Crippen molar-refractivity contribution >= 4 is 23.5 Å². The van der Waals surface area contributed by atoms with E-state index >= 15 is 0 Å². The summed E-state index contributed by atoms with van der Waals surface area (Å²) in [5.41, 5.74) is 0.789. The average molecular weight is 397 g/mol. The first-order valence-corrected chi connectivity index (χ1v) is 8.80. The SMILES string of the molecule is O=C(NC1CN(C(Cc2ccc(O)cc2)C(=O)O)C1=O)/C(=N/O)c1ccccc1. The summed E-state index contributed by atoms with van der Waals surface area (Å²) < 4.78 is 0. The van der Waals surface area contributed by atoms with Crippen LogP contribution in [0.3, 0.4) is 0 Å². The van der Waals surface area contributed by atoms with Crippen LogP contribution in [-0.4, -0.2) is 62.4 Å². The second-order valence-electron chi connectivity index (χ2n) is 6.56. The summed E-state index contributed by atoms with van der Waals surface area (Å²) in [4.78, 5) is 37.6. The summed E-state index contributed by atoms with van der Waals surface area (Å²) in [5, 5.41) is 33.5. The number of benzene rings is 2. The number of carbonyl (C=O) groups excluding carboxylic acids is 2. The van der Waals surface area contributed by atoms with Gasteiger partial charge < -0.3 is 25.6 Å². The van der Waals surface area contributed by atoms with E-state index in [0.717, 1.165) is 0 Å². The number of phenolic OH excluding ortho intramolecular Hbond substituents is 1. The van der Waals surface area contributed by atoms with E-state index in [1.807, 2.05) is 0 Å². The molecule has 1 aliphatic heterocycles. The number of hydrogen-bond donors (Lipinski definition) is 4. The van der Waals surface area contributed by atoms with Gasteiger partial charge in [-0.3, -0.25) is 9.59 Å². The Morgan fingerprint density at radius 2 is 1.79 bits per heavy atom. The highest BCUT2D eigenvalue weighted by Crippen LogP contribution is 2.20. The van der Waals surface area contributed by atoms with Crippen LogP contribution < -0.4 is 5.32 Å². The molecule has 1 aliphatic rings. The molecule has 1 saturated heterocycles. The Labute approximate surface area is 165 Å². The molecule has 2 aromatic rings. The number of oxime groups is 1. The van der Waals surface area contributed by atoms with Gasteiger partial charge in [0.15, 0.2) is 5.71 Å². The van der Waals surface area contributed by atoms with Crippen LogP contribution in [0.1, 0.15) is 11.1 Å². The molecule has 0 aliphatic carbocycles. The molecular weight excluding hydrogens is 378 g/mol. The van der Waals surface area contributed by atoms with Crippen LogP contribution in [0.4, 0.5) is 0 Å². The minimum Gasteiger partial charge on any atom is -0.508 e. The number of carbonyl (C=O) groups is 3. The predicted molar refractivity (Wildman–Crippen MR) is 102 cm³/mol. The number of hydrogen-bond acceptors (Lipinski definition) is 6. The summed E-state index contributed by atoms with van der Waals surface area (Å²) in [7, 11) is 0. The Bertz CT molecular complexity index is 942. The average Bonchev–Trinajstić information content (AvgIpc) is 2.72. The standard InChI is InChI=1S/C20H19N3O6/c24-14-8-6-12(7-9-14)10-16(20(27)28)23-11-15(19(23)26)21-18(25)17(22-29)13-4-2-1-3-5-13/h1-9,15-16,24,29H,10-11H2,(H,21,25)(H,27,28)/b22-17+. The zero-order valence-electron chi connectivity index (χ0n) is 15.2.